The second-order valence-electron chi connectivity index (χ2n) is 7.20. The predicted octanol–water partition coefficient (Wildman–Crippen LogP) is 4.97. The van der Waals surface area contributed by atoms with Crippen LogP contribution in [-0.4, -0.2) is 41.8 Å². The molecule has 120 valence electrons. The number of rotatable bonds is 3. The zero-order chi connectivity index (χ0) is 14.9. The van der Waals surface area contributed by atoms with Crippen LogP contribution in [0, 0.1) is 0 Å². The molecule has 1 nitrogen and oxygen atoms in total. The molecule has 2 fully saturated rings. The van der Waals surface area contributed by atoms with Crippen LogP contribution >= 0.6 is 23.5 Å². The molecule has 2 unspecified atom stereocenters. The number of thioether (sulfide) groups is 2. The Hall–Kier alpha value is -0.120. The van der Waals surface area contributed by atoms with Gasteiger partial charge in [-0.1, -0.05) is 12.1 Å². The van der Waals surface area contributed by atoms with E-state index in [0.717, 1.165) is 17.9 Å². The Morgan fingerprint density at radius 2 is 2.05 bits per heavy atom. The summed E-state index contributed by atoms with van der Waals surface area (Å²) in [6.07, 6.45) is 6.94. The van der Waals surface area contributed by atoms with Crippen molar-refractivity contribution in [1.29, 1.82) is 0 Å². The monoisotopic (exact) mass is 333 g/mol. The smallest absolute Gasteiger partial charge is 0.0108 e. The molecule has 0 bridgehead atoms. The Labute approximate surface area is 143 Å². The predicted molar refractivity (Wildman–Crippen MR) is 99.5 cm³/mol. The van der Waals surface area contributed by atoms with Gasteiger partial charge in [0.05, 0.1) is 0 Å². The van der Waals surface area contributed by atoms with Crippen molar-refractivity contribution >= 4 is 23.5 Å². The van der Waals surface area contributed by atoms with Crippen molar-refractivity contribution in [3.63, 3.8) is 0 Å². The Morgan fingerprint density at radius 3 is 2.82 bits per heavy atom. The molecule has 1 aromatic rings. The van der Waals surface area contributed by atoms with Crippen LogP contribution in [0.5, 0.6) is 0 Å². The van der Waals surface area contributed by atoms with Crippen LogP contribution in [0.25, 0.3) is 0 Å². The summed E-state index contributed by atoms with van der Waals surface area (Å²) in [6.45, 7) is 1.30. The summed E-state index contributed by atoms with van der Waals surface area (Å²) in [6, 6.07) is 8.27. The first-order valence-electron chi connectivity index (χ1n) is 8.86. The van der Waals surface area contributed by atoms with Crippen LogP contribution < -0.4 is 0 Å². The molecule has 4 rings (SSSR count). The lowest BCUT2D eigenvalue weighted by Gasteiger charge is -2.25. The molecule has 3 heteroatoms. The molecule has 0 amide bonds. The Morgan fingerprint density at radius 1 is 1.18 bits per heavy atom. The Bertz CT molecular complexity index is 524. The minimum atomic E-state index is 0.795. The van der Waals surface area contributed by atoms with E-state index >= 15 is 0 Å². The molecule has 0 aromatic heterocycles. The van der Waals surface area contributed by atoms with Gasteiger partial charge >= 0.3 is 0 Å². The summed E-state index contributed by atoms with van der Waals surface area (Å²) in [4.78, 5) is 4.16. The van der Waals surface area contributed by atoms with E-state index < -0.39 is 0 Å². The number of nitrogens with zero attached hydrogens (tertiary/aromatic N) is 1. The lowest BCUT2D eigenvalue weighted by atomic mass is 9.87. The van der Waals surface area contributed by atoms with Gasteiger partial charge in [0.1, 0.15) is 0 Å². The van der Waals surface area contributed by atoms with Crippen molar-refractivity contribution in [3.05, 3.63) is 29.3 Å². The molecule has 0 N–H and O–H groups in total. The topological polar surface area (TPSA) is 3.24 Å². The number of hydrogen-bond acceptors (Lipinski definition) is 3. The largest absolute Gasteiger partial charge is 0.303 e. The van der Waals surface area contributed by atoms with Gasteiger partial charge in [0, 0.05) is 16.7 Å². The van der Waals surface area contributed by atoms with Gasteiger partial charge in [0.15, 0.2) is 0 Å². The molecule has 0 radical (unpaired) electrons. The van der Waals surface area contributed by atoms with E-state index in [0.29, 0.717) is 0 Å². The van der Waals surface area contributed by atoms with Crippen molar-refractivity contribution < 1.29 is 0 Å². The lowest BCUT2D eigenvalue weighted by Crippen LogP contribution is -2.26. The second-order valence-corrected chi connectivity index (χ2v) is 9.49. The fourth-order valence-electron chi connectivity index (χ4n) is 4.38. The number of likely N-dealkylation sites (tertiary alicyclic amines) is 1. The van der Waals surface area contributed by atoms with Crippen molar-refractivity contribution in [2.75, 3.05) is 30.9 Å². The summed E-state index contributed by atoms with van der Waals surface area (Å²) in [7, 11) is 2.32. The first-order valence-corrected chi connectivity index (χ1v) is 11.0. The highest BCUT2D eigenvalue weighted by molar-refractivity contribution is 7.99. The molecule has 3 aliphatic rings. The zero-order valence-corrected chi connectivity index (χ0v) is 15.2. The average Bonchev–Trinajstić information content (AvgIpc) is 3.15. The highest BCUT2D eigenvalue weighted by Gasteiger charge is 2.30. The SMILES string of the molecule is CN1CCCC1CC1CSc2ccc(C3CCSCC3)cc21. The van der Waals surface area contributed by atoms with Crippen LogP contribution in [0.1, 0.15) is 55.1 Å². The van der Waals surface area contributed by atoms with Gasteiger partial charge in [-0.25, -0.2) is 0 Å². The van der Waals surface area contributed by atoms with Gasteiger partial charge in [-0.3, -0.25) is 0 Å². The number of hydrogen-bond donors (Lipinski definition) is 0. The van der Waals surface area contributed by atoms with Gasteiger partial charge < -0.3 is 4.90 Å². The third kappa shape index (κ3) is 3.09. The fourth-order valence-corrected chi connectivity index (χ4v) is 6.74. The third-order valence-electron chi connectivity index (χ3n) is 5.83. The fraction of sp³-hybridized carbons (Fsp3) is 0.684. The summed E-state index contributed by atoms with van der Waals surface area (Å²) >= 11 is 4.22. The summed E-state index contributed by atoms with van der Waals surface area (Å²) in [5, 5.41) is 0. The van der Waals surface area contributed by atoms with Gasteiger partial charge in [-0.05, 0) is 86.2 Å². The van der Waals surface area contributed by atoms with Gasteiger partial charge in [-0.15, -0.1) is 11.8 Å². The maximum absolute atomic E-state index is 2.59. The van der Waals surface area contributed by atoms with E-state index in [1.807, 2.05) is 0 Å². The Balaban J connectivity index is 1.52. The van der Waals surface area contributed by atoms with Crippen LogP contribution in [0.4, 0.5) is 0 Å². The second kappa shape index (κ2) is 6.78. The zero-order valence-electron chi connectivity index (χ0n) is 13.6. The Kier molecular flexibility index (Phi) is 4.75. The van der Waals surface area contributed by atoms with Crippen molar-refractivity contribution in [2.24, 2.45) is 0 Å². The molecule has 3 aliphatic heterocycles. The quantitative estimate of drug-likeness (QED) is 0.769. The summed E-state index contributed by atoms with van der Waals surface area (Å²) < 4.78 is 0. The van der Waals surface area contributed by atoms with Crippen LogP contribution in [-0.2, 0) is 0 Å². The summed E-state index contributed by atoms with van der Waals surface area (Å²) in [5.41, 5.74) is 3.31. The minimum Gasteiger partial charge on any atom is -0.303 e. The van der Waals surface area contributed by atoms with E-state index in [2.05, 4.69) is 53.7 Å². The van der Waals surface area contributed by atoms with E-state index in [1.54, 1.807) is 16.0 Å². The number of fused-ring (bicyclic) bond motifs is 1. The number of benzene rings is 1. The average molecular weight is 334 g/mol. The standard InChI is InChI=1S/C19H27NS2/c1-20-8-2-3-17(20)11-16-13-22-19-5-4-15(12-18(16)19)14-6-9-21-10-7-14/h4-5,12,14,16-17H,2-3,6-11,13H2,1H3. The molecule has 0 saturated carbocycles. The van der Waals surface area contributed by atoms with Crippen molar-refractivity contribution in [1.82, 2.24) is 4.90 Å². The minimum absolute atomic E-state index is 0.795. The maximum Gasteiger partial charge on any atom is 0.0108 e. The van der Waals surface area contributed by atoms with Crippen molar-refractivity contribution in [3.8, 4) is 0 Å². The molecule has 0 aliphatic carbocycles. The molecular weight excluding hydrogens is 306 g/mol. The molecule has 2 saturated heterocycles. The third-order valence-corrected chi connectivity index (χ3v) is 8.14. The van der Waals surface area contributed by atoms with Crippen LogP contribution in [0.15, 0.2) is 23.1 Å². The molecule has 22 heavy (non-hydrogen) atoms. The van der Waals surface area contributed by atoms with Crippen molar-refractivity contribution in [2.45, 2.75) is 54.9 Å². The van der Waals surface area contributed by atoms with Crippen LogP contribution in [0.3, 0.4) is 0 Å². The molecule has 0 spiro atoms. The van der Waals surface area contributed by atoms with Gasteiger partial charge in [0.25, 0.3) is 0 Å². The van der Waals surface area contributed by atoms with E-state index in [9.17, 15) is 0 Å². The summed E-state index contributed by atoms with van der Waals surface area (Å²) in [5.74, 6) is 5.64. The molecule has 3 heterocycles. The molecule has 1 aromatic carbocycles. The molecule has 2 atom stereocenters. The lowest BCUT2D eigenvalue weighted by molar-refractivity contribution is 0.286. The van der Waals surface area contributed by atoms with E-state index in [4.69, 9.17) is 0 Å². The highest BCUT2D eigenvalue weighted by atomic mass is 32.2. The normalized spacial score (nSPS) is 29.9. The van der Waals surface area contributed by atoms with Crippen LogP contribution in [0.2, 0.25) is 0 Å². The first-order chi connectivity index (χ1) is 10.8. The molecular formula is C19H27NS2. The highest BCUT2D eigenvalue weighted by Crippen LogP contribution is 2.45. The maximum atomic E-state index is 2.59. The van der Waals surface area contributed by atoms with E-state index in [-0.39, 0.29) is 0 Å². The van der Waals surface area contributed by atoms with Gasteiger partial charge in [0.2, 0.25) is 0 Å². The van der Waals surface area contributed by atoms with Gasteiger partial charge in [-0.2, -0.15) is 11.8 Å². The first kappa shape index (κ1) is 15.4. The van der Waals surface area contributed by atoms with E-state index in [1.165, 1.54) is 55.9 Å².